The minimum absolute atomic E-state index is 0.0907. The second-order valence-electron chi connectivity index (χ2n) is 12.3. The summed E-state index contributed by atoms with van der Waals surface area (Å²) in [7, 11) is 0. The van der Waals surface area contributed by atoms with Crippen LogP contribution in [0.5, 0.6) is 0 Å². The third-order valence-corrected chi connectivity index (χ3v) is 8.63. The summed E-state index contributed by atoms with van der Waals surface area (Å²) < 4.78 is 29.2. The lowest BCUT2D eigenvalue weighted by Gasteiger charge is -2.29. The first-order chi connectivity index (χ1) is 22.7. The molecule has 0 aromatic carbocycles. The van der Waals surface area contributed by atoms with E-state index in [0.717, 1.165) is 30.6 Å². The third-order valence-electron chi connectivity index (χ3n) is 8.63. The topological polar surface area (TPSA) is 116 Å². The number of hydrogen-bond acceptors (Lipinski definition) is 7. The molecule has 1 fully saturated rings. The second-order valence-corrected chi connectivity index (χ2v) is 12.3. The fraction of sp³-hybridized carbons (Fsp3) is 0.343. The van der Waals surface area contributed by atoms with Gasteiger partial charge in [0.25, 0.3) is 11.8 Å². The molecule has 0 spiro atoms. The number of pyridine rings is 2. The Balaban J connectivity index is 1.04. The molecule has 0 radical (unpaired) electrons. The number of fused-ring (bicyclic) bond motifs is 1. The number of imidazole rings is 1. The molecule has 2 unspecified atom stereocenters. The Hall–Kier alpha value is -5.13. The highest BCUT2D eigenvalue weighted by Gasteiger charge is 2.26. The van der Waals surface area contributed by atoms with Crippen molar-refractivity contribution in [2.75, 3.05) is 11.9 Å². The molecule has 1 saturated carbocycles. The zero-order valence-electron chi connectivity index (χ0n) is 26.4. The zero-order chi connectivity index (χ0) is 32.9. The van der Waals surface area contributed by atoms with Crippen LogP contribution < -0.4 is 16.0 Å². The third kappa shape index (κ3) is 7.82. The van der Waals surface area contributed by atoms with E-state index in [4.69, 9.17) is 0 Å². The molecule has 2 atom stereocenters. The van der Waals surface area contributed by atoms with Gasteiger partial charge < -0.3 is 20.4 Å². The maximum Gasteiger partial charge on any atom is 0.271 e. The number of amides is 2. The van der Waals surface area contributed by atoms with Crippen LogP contribution in [0.1, 0.15) is 66.8 Å². The summed E-state index contributed by atoms with van der Waals surface area (Å²) in [4.78, 5) is 34.6. The Morgan fingerprint density at radius 1 is 1.02 bits per heavy atom. The standard InChI is InChI=1S/C35H38F2N8O2/c1-22-17-39-45(19-24-6-4-3-5-7-24)31(22)14-8-23(2)40-33-29(16-26(37)18-38-33)34(46)41-27-10-12-28(13-11-27)42-35(47)30-21-44-20-25(36)9-15-32(44)43-30/h3-6,8-9,14-18,20-22,24,27-28H,7,10-13,19H2,1-2H3,(H,38,40)(H,41,46)(H,42,47)/b23-8+,31-14+. The Labute approximate surface area is 272 Å². The summed E-state index contributed by atoms with van der Waals surface area (Å²) in [6.07, 6.45) is 21.7. The highest BCUT2D eigenvalue weighted by Crippen LogP contribution is 2.26. The predicted octanol–water partition coefficient (Wildman–Crippen LogP) is 5.75. The first-order valence-electron chi connectivity index (χ1n) is 15.9. The van der Waals surface area contributed by atoms with E-state index >= 15 is 0 Å². The van der Waals surface area contributed by atoms with E-state index in [9.17, 15) is 18.4 Å². The maximum atomic E-state index is 14.3. The minimum atomic E-state index is -0.607. The number of aromatic nitrogens is 3. The lowest BCUT2D eigenvalue weighted by Crippen LogP contribution is -2.44. The Bertz CT molecular complexity index is 1800. The molecule has 4 heterocycles. The van der Waals surface area contributed by atoms with Crippen LogP contribution in [0.25, 0.3) is 5.65 Å². The van der Waals surface area contributed by atoms with E-state index in [1.165, 1.54) is 35.0 Å². The molecule has 3 aliphatic rings. The molecule has 0 bridgehead atoms. The number of nitrogens with zero attached hydrogens (tertiary/aromatic N) is 5. The Morgan fingerprint density at radius 3 is 2.53 bits per heavy atom. The average molecular weight is 641 g/mol. The normalized spacial score (nSPS) is 23.4. The number of carbonyl (C=O) groups excluding carboxylic acids is 2. The predicted molar refractivity (Wildman–Crippen MR) is 177 cm³/mol. The van der Waals surface area contributed by atoms with Crippen molar-refractivity contribution in [1.29, 1.82) is 0 Å². The fourth-order valence-corrected chi connectivity index (χ4v) is 6.07. The first-order valence-corrected chi connectivity index (χ1v) is 15.9. The van der Waals surface area contributed by atoms with Gasteiger partial charge in [0, 0.05) is 60.5 Å². The van der Waals surface area contributed by atoms with E-state index in [1.807, 2.05) is 30.3 Å². The molecule has 6 rings (SSSR count). The van der Waals surface area contributed by atoms with Gasteiger partial charge in [0.15, 0.2) is 0 Å². The quantitative estimate of drug-likeness (QED) is 0.275. The molecule has 244 valence electrons. The van der Waals surface area contributed by atoms with Gasteiger partial charge in [-0.2, -0.15) is 5.10 Å². The van der Waals surface area contributed by atoms with Gasteiger partial charge in [0.2, 0.25) is 0 Å². The van der Waals surface area contributed by atoms with Crippen molar-refractivity contribution in [3.05, 3.63) is 108 Å². The number of hydrazone groups is 1. The van der Waals surface area contributed by atoms with E-state index in [-0.39, 0.29) is 41.0 Å². The van der Waals surface area contributed by atoms with Crippen molar-refractivity contribution in [3.8, 4) is 0 Å². The van der Waals surface area contributed by atoms with Crippen molar-refractivity contribution >= 4 is 29.5 Å². The summed E-state index contributed by atoms with van der Waals surface area (Å²) in [6, 6.07) is 3.76. The van der Waals surface area contributed by atoms with Crippen LogP contribution in [-0.4, -0.2) is 56.0 Å². The van der Waals surface area contributed by atoms with Gasteiger partial charge in [-0.15, -0.1) is 0 Å². The van der Waals surface area contributed by atoms with Crippen LogP contribution in [-0.2, 0) is 0 Å². The van der Waals surface area contributed by atoms with Crippen LogP contribution in [0, 0.1) is 23.5 Å². The number of halogens is 2. The highest BCUT2D eigenvalue weighted by molar-refractivity contribution is 5.99. The van der Waals surface area contributed by atoms with E-state index in [2.05, 4.69) is 62.2 Å². The molecule has 0 saturated heterocycles. The molecule has 47 heavy (non-hydrogen) atoms. The molecule has 12 heteroatoms. The number of rotatable bonds is 9. The number of nitrogens with one attached hydrogen (secondary N) is 3. The summed E-state index contributed by atoms with van der Waals surface area (Å²) in [5.74, 6) is -0.963. The van der Waals surface area contributed by atoms with Gasteiger partial charge >= 0.3 is 0 Å². The van der Waals surface area contributed by atoms with Crippen LogP contribution in [0.15, 0.2) is 89.7 Å². The van der Waals surface area contributed by atoms with Crippen molar-refractivity contribution < 1.29 is 18.4 Å². The van der Waals surface area contributed by atoms with Gasteiger partial charge in [-0.25, -0.2) is 18.7 Å². The molecule has 2 aliphatic carbocycles. The number of carbonyl (C=O) groups is 2. The summed E-state index contributed by atoms with van der Waals surface area (Å²) in [5.41, 5.74) is 2.61. The first kappa shape index (κ1) is 31.8. The van der Waals surface area contributed by atoms with E-state index in [0.29, 0.717) is 37.2 Å². The Morgan fingerprint density at radius 2 is 1.79 bits per heavy atom. The molecule has 3 aromatic heterocycles. The minimum Gasteiger partial charge on any atom is -0.349 e. The summed E-state index contributed by atoms with van der Waals surface area (Å²) in [6.45, 7) is 4.75. The molecule has 1 aliphatic heterocycles. The molecular weight excluding hydrogens is 602 g/mol. The smallest absolute Gasteiger partial charge is 0.271 e. The van der Waals surface area contributed by atoms with Crippen molar-refractivity contribution in [3.63, 3.8) is 0 Å². The number of hydrogen-bond donors (Lipinski definition) is 3. The van der Waals surface area contributed by atoms with Crippen LogP contribution in [0.3, 0.4) is 0 Å². The Kier molecular flexibility index (Phi) is 9.55. The SMILES string of the molecule is C/C(=C\C=C1/C(C)C=NN1CC1C=CC=CC1)Nc1ncc(F)cc1C(=O)NC1CCC(NC(=O)c2cn3cc(F)ccc3n2)CC1. The lowest BCUT2D eigenvalue weighted by atomic mass is 9.91. The second kappa shape index (κ2) is 14.1. The van der Waals surface area contributed by atoms with Crippen molar-refractivity contribution in [2.45, 2.75) is 58.0 Å². The van der Waals surface area contributed by atoms with Gasteiger partial charge in [0.1, 0.15) is 28.8 Å². The van der Waals surface area contributed by atoms with Crippen molar-refractivity contribution in [1.82, 2.24) is 30.0 Å². The van der Waals surface area contributed by atoms with E-state index in [1.54, 1.807) is 0 Å². The largest absolute Gasteiger partial charge is 0.349 e. The monoisotopic (exact) mass is 640 g/mol. The van der Waals surface area contributed by atoms with Gasteiger partial charge in [-0.1, -0.05) is 31.2 Å². The lowest BCUT2D eigenvalue weighted by molar-refractivity contribution is 0.0889. The molecule has 10 nitrogen and oxygen atoms in total. The van der Waals surface area contributed by atoms with Crippen LogP contribution >= 0.6 is 0 Å². The van der Waals surface area contributed by atoms with Crippen molar-refractivity contribution in [2.24, 2.45) is 16.9 Å². The summed E-state index contributed by atoms with van der Waals surface area (Å²) in [5, 5.41) is 15.8. The molecule has 3 N–H and O–H groups in total. The van der Waals surface area contributed by atoms with Gasteiger partial charge in [0.05, 0.1) is 11.8 Å². The maximum absolute atomic E-state index is 14.3. The molecule has 2 amide bonds. The zero-order valence-corrected chi connectivity index (χ0v) is 26.4. The number of allylic oxidation sites excluding steroid dienone is 7. The van der Waals surface area contributed by atoms with E-state index < -0.39 is 17.5 Å². The molecular formula is C35H38F2N8O2. The summed E-state index contributed by atoms with van der Waals surface area (Å²) >= 11 is 0. The van der Waals surface area contributed by atoms with Gasteiger partial charge in [-0.3, -0.25) is 14.6 Å². The van der Waals surface area contributed by atoms with Crippen LogP contribution in [0.4, 0.5) is 14.6 Å². The fourth-order valence-electron chi connectivity index (χ4n) is 6.07. The molecule has 3 aromatic rings. The average Bonchev–Trinajstić information content (AvgIpc) is 3.64. The number of anilines is 1. The van der Waals surface area contributed by atoms with Crippen LogP contribution in [0.2, 0.25) is 0 Å². The van der Waals surface area contributed by atoms with Gasteiger partial charge in [-0.05, 0) is 69.4 Å². The highest BCUT2D eigenvalue weighted by atomic mass is 19.1.